The molecule has 0 unspecified atom stereocenters. The maximum absolute atomic E-state index is 13.8. The second-order valence-electron chi connectivity index (χ2n) is 17.8. The van der Waals surface area contributed by atoms with Gasteiger partial charge in [0.2, 0.25) is 0 Å². The van der Waals surface area contributed by atoms with Gasteiger partial charge in [-0.3, -0.25) is 14.5 Å². The molecule has 10 heteroatoms. The van der Waals surface area contributed by atoms with Crippen LogP contribution in [0.5, 0.6) is 0 Å². The highest BCUT2D eigenvalue weighted by Gasteiger charge is 2.34. The molecule has 2 atom stereocenters. The minimum atomic E-state index is -1.37. The number of ether oxygens (including phenoxy) is 3. The Labute approximate surface area is 386 Å². The van der Waals surface area contributed by atoms with Gasteiger partial charge >= 0.3 is 24.0 Å². The molecule has 9 nitrogen and oxygen atoms in total. The number of hydrogen-bond acceptors (Lipinski definition) is 8. The number of carbonyl (C=O) groups is 4. The van der Waals surface area contributed by atoms with E-state index in [4.69, 9.17) is 14.2 Å². The highest BCUT2D eigenvalue weighted by atomic mass is 32.1. The first-order valence-electron chi connectivity index (χ1n) is 25.1. The van der Waals surface area contributed by atoms with Crippen molar-refractivity contribution in [3.05, 3.63) is 59.2 Å². The zero-order chi connectivity index (χ0) is 45.3. The third-order valence-electron chi connectivity index (χ3n) is 12.5. The second kappa shape index (κ2) is 33.9. The fourth-order valence-electron chi connectivity index (χ4n) is 8.64. The molecular formula is C53H83NO8S. The lowest BCUT2D eigenvalue weighted by Gasteiger charge is -2.30. The van der Waals surface area contributed by atoms with Crippen molar-refractivity contribution < 1.29 is 38.5 Å². The molecule has 1 aliphatic rings. The SMILES string of the molecule is CCCCCCCCCCCCCCCC(=O)OC[C@@H](CN(C(=O)OCc1cccc2c1Cc1ccccc1-2)[C@@H](CS)C(=O)O)OC(=O)CCCCCCCCCCCCCCC. The maximum Gasteiger partial charge on any atom is 0.411 e. The van der Waals surface area contributed by atoms with E-state index in [9.17, 15) is 24.3 Å². The van der Waals surface area contributed by atoms with E-state index in [0.717, 1.165) is 65.7 Å². The third kappa shape index (κ3) is 22.3. The zero-order valence-electron chi connectivity index (χ0n) is 39.2. The number of unbranched alkanes of at least 4 members (excludes halogenated alkanes) is 24. The maximum atomic E-state index is 13.8. The van der Waals surface area contributed by atoms with Crippen molar-refractivity contribution in [1.29, 1.82) is 0 Å². The van der Waals surface area contributed by atoms with Crippen LogP contribution < -0.4 is 0 Å². The number of rotatable bonds is 38. The largest absolute Gasteiger partial charge is 0.480 e. The van der Waals surface area contributed by atoms with E-state index in [2.05, 4.69) is 44.7 Å². The monoisotopic (exact) mass is 894 g/mol. The molecule has 1 N–H and O–H groups in total. The lowest BCUT2D eigenvalue weighted by atomic mass is 10.0. The summed E-state index contributed by atoms with van der Waals surface area (Å²) in [7, 11) is 0. The van der Waals surface area contributed by atoms with Gasteiger partial charge in [0, 0.05) is 18.6 Å². The summed E-state index contributed by atoms with van der Waals surface area (Å²) in [4.78, 5) is 53.5. The quantitative estimate of drug-likeness (QED) is 0.0253. The molecule has 0 spiro atoms. The van der Waals surface area contributed by atoms with Gasteiger partial charge in [-0.1, -0.05) is 210 Å². The molecule has 0 radical (unpaired) electrons. The molecule has 2 aromatic rings. The van der Waals surface area contributed by atoms with Crippen LogP contribution in [0, 0.1) is 0 Å². The Morgan fingerprint density at radius 3 is 1.59 bits per heavy atom. The second-order valence-corrected chi connectivity index (χ2v) is 18.2. The number of hydrogen-bond donors (Lipinski definition) is 2. The Morgan fingerprint density at radius 2 is 1.08 bits per heavy atom. The summed E-state index contributed by atoms with van der Waals surface area (Å²) in [5, 5.41) is 10.2. The van der Waals surface area contributed by atoms with Crippen molar-refractivity contribution in [1.82, 2.24) is 4.90 Å². The molecule has 2 aromatic carbocycles. The molecule has 0 aromatic heterocycles. The fraction of sp³-hybridized carbons (Fsp3) is 0.698. The Morgan fingerprint density at radius 1 is 0.603 bits per heavy atom. The van der Waals surface area contributed by atoms with Gasteiger partial charge in [0.05, 0.1) is 6.54 Å². The summed E-state index contributed by atoms with van der Waals surface area (Å²) in [6.07, 6.45) is 30.2. The minimum Gasteiger partial charge on any atom is -0.480 e. The molecule has 0 saturated heterocycles. The van der Waals surface area contributed by atoms with Crippen molar-refractivity contribution in [2.45, 2.75) is 219 Å². The van der Waals surface area contributed by atoms with E-state index < -0.39 is 36.1 Å². The van der Waals surface area contributed by atoms with Crippen molar-refractivity contribution in [3.63, 3.8) is 0 Å². The number of nitrogens with zero attached hydrogens (tertiary/aromatic N) is 1. The van der Waals surface area contributed by atoms with Gasteiger partial charge < -0.3 is 19.3 Å². The number of carboxylic acid groups (broad SMARTS) is 1. The topological polar surface area (TPSA) is 119 Å². The smallest absolute Gasteiger partial charge is 0.411 e. The van der Waals surface area contributed by atoms with Gasteiger partial charge in [-0.05, 0) is 47.1 Å². The molecular weight excluding hydrogens is 811 g/mol. The molecule has 0 fully saturated rings. The Hall–Kier alpha value is -3.53. The molecule has 63 heavy (non-hydrogen) atoms. The van der Waals surface area contributed by atoms with E-state index in [1.54, 1.807) is 0 Å². The molecule has 0 bridgehead atoms. The van der Waals surface area contributed by atoms with E-state index in [1.165, 1.54) is 121 Å². The first-order valence-corrected chi connectivity index (χ1v) is 25.7. The van der Waals surface area contributed by atoms with Gasteiger partial charge in [0.1, 0.15) is 19.3 Å². The summed E-state index contributed by atoms with van der Waals surface area (Å²) in [6, 6.07) is 12.7. The van der Waals surface area contributed by atoms with Gasteiger partial charge in [0.25, 0.3) is 0 Å². The summed E-state index contributed by atoms with van der Waals surface area (Å²) in [5.74, 6) is -2.35. The molecule has 354 valence electrons. The molecule has 1 aliphatic carbocycles. The number of esters is 2. The van der Waals surface area contributed by atoms with Crippen LogP contribution in [0.15, 0.2) is 42.5 Å². The number of amides is 1. The van der Waals surface area contributed by atoms with Crippen LogP contribution in [-0.4, -0.2) is 65.1 Å². The van der Waals surface area contributed by atoms with Gasteiger partial charge in [-0.25, -0.2) is 9.59 Å². The van der Waals surface area contributed by atoms with Crippen molar-refractivity contribution in [2.75, 3.05) is 18.9 Å². The van der Waals surface area contributed by atoms with E-state index in [1.807, 2.05) is 24.3 Å². The Kier molecular flexibility index (Phi) is 29.0. The lowest BCUT2D eigenvalue weighted by Crippen LogP contribution is -2.51. The molecule has 0 aliphatic heterocycles. The number of aliphatic carboxylic acids is 1. The summed E-state index contributed by atoms with van der Waals surface area (Å²) >= 11 is 4.27. The molecule has 3 rings (SSSR count). The molecule has 0 saturated carbocycles. The molecule has 1 amide bonds. The van der Waals surface area contributed by atoms with Crippen LogP contribution in [0.4, 0.5) is 4.79 Å². The zero-order valence-corrected chi connectivity index (χ0v) is 40.1. The number of thiol groups is 1. The average Bonchev–Trinajstić information content (AvgIpc) is 3.67. The number of benzene rings is 2. The van der Waals surface area contributed by atoms with Gasteiger partial charge in [-0.2, -0.15) is 12.6 Å². The van der Waals surface area contributed by atoms with E-state index in [0.29, 0.717) is 19.3 Å². The van der Waals surface area contributed by atoms with Crippen LogP contribution >= 0.6 is 12.6 Å². The van der Waals surface area contributed by atoms with Crippen LogP contribution in [0.1, 0.15) is 210 Å². The van der Waals surface area contributed by atoms with Crippen LogP contribution in [0.2, 0.25) is 0 Å². The molecule has 0 heterocycles. The lowest BCUT2D eigenvalue weighted by molar-refractivity contribution is -0.161. The summed E-state index contributed by atoms with van der Waals surface area (Å²) in [5.41, 5.74) is 5.33. The predicted octanol–water partition coefficient (Wildman–Crippen LogP) is 14.0. The first kappa shape index (κ1) is 53.8. The van der Waals surface area contributed by atoms with E-state index in [-0.39, 0.29) is 38.4 Å². The van der Waals surface area contributed by atoms with E-state index >= 15 is 0 Å². The number of carboxylic acids is 1. The fourth-order valence-corrected chi connectivity index (χ4v) is 8.99. The van der Waals surface area contributed by atoms with Crippen molar-refractivity contribution >= 4 is 36.6 Å². The Bertz CT molecular complexity index is 1580. The highest BCUT2D eigenvalue weighted by molar-refractivity contribution is 7.80. The predicted molar refractivity (Wildman–Crippen MR) is 258 cm³/mol. The number of fused-ring (bicyclic) bond motifs is 3. The first-order chi connectivity index (χ1) is 30.8. The van der Waals surface area contributed by atoms with Crippen LogP contribution in [0.3, 0.4) is 0 Å². The third-order valence-corrected chi connectivity index (χ3v) is 12.8. The minimum absolute atomic E-state index is 0.0665. The number of carbonyl (C=O) groups excluding carboxylic acids is 3. The van der Waals surface area contributed by atoms with Crippen LogP contribution in [0.25, 0.3) is 11.1 Å². The summed E-state index contributed by atoms with van der Waals surface area (Å²) in [6.45, 7) is 3.80. The average molecular weight is 894 g/mol. The normalized spacial score (nSPS) is 12.6. The highest BCUT2D eigenvalue weighted by Crippen LogP contribution is 2.38. The van der Waals surface area contributed by atoms with Gasteiger partial charge in [-0.15, -0.1) is 0 Å². The van der Waals surface area contributed by atoms with Crippen molar-refractivity contribution in [3.8, 4) is 11.1 Å². The Balaban J connectivity index is 1.52. The van der Waals surface area contributed by atoms with Gasteiger partial charge in [0.15, 0.2) is 6.10 Å². The van der Waals surface area contributed by atoms with Crippen molar-refractivity contribution in [2.24, 2.45) is 0 Å². The standard InChI is InChI=1S/C53H83NO8S/c1-3-5-7-9-11-13-15-17-19-21-23-25-27-36-50(55)60-41-45(62-51(56)37-28-26-24-22-20-18-16-14-12-10-8-6-4-2)39-54(49(42-63)52(57)58)53(59)61-40-44-33-31-35-47-46-34-30-29-32-43(46)38-48(44)47/h29-35,45,49,63H,3-28,36-42H2,1-2H3,(H,57,58)/t45-,49+/m1/s1. The summed E-state index contributed by atoms with van der Waals surface area (Å²) < 4.78 is 17.3. The van der Waals surface area contributed by atoms with Crippen LogP contribution in [-0.2, 0) is 41.6 Å².